The molecule has 0 N–H and O–H groups in total. The number of rotatable bonds is 4. The molecule has 1 atom stereocenters. The van der Waals surface area contributed by atoms with E-state index in [-0.39, 0.29) is 17.7 Å². The Labute approximate surface area is 148 Å². The van der Waals surface area contributed by atoms with Crippen LogP contribution in [0.1, 0.15) is 66.1 Å². The van der Waals surface area contributed by atoms with Crippen molar-refractivity contribution in [2.45, 2.75) is 57.9 Å². The van der Waals surface area contributed by atoms with Gasteiger partial charge in [0.2, 0.25) is 0 Å². The number of benzene rings is 1. The molecule has 1 aliphatic heterocycles. The number of aryl methyl sites for hydroxylation is 1. The Hall–Kier alpha value is -2.10. The number of methoxy groups -OCH3 is 1. The van der Waals surface area contributed by atoms with Gasteiger partial charge < -0.3 is 9.30 Å². The van der Waals surface area contributed by atoms with Crippen molar-refractivity contribution in [3.05, 3.63) is 35.0 Å². The molecule has 1 saturated carbocycles. The summed E-state index contributed by atoms with van der Waals surface area (Å²) in [6.45, 7) is 2.79. The van der Waals surface area contributed by atoms with Gasteiger partial charge in [-0.2, -0.15) is 0 Å². The fraction of sp³-hybridized carbons (Fsp3) is 0.524. The third-order valence-corrected chi connectivity index (χ3v) is 6.13. The molecular weight excluding hydrogens is 314 g/mol. The highest BCUT2D eigenvalue weighted by Gasteiger charge is 2.33. The molecule has 25 heavy (non-hydrogen) atoms. The van der Waals surface area contributed by atoms with Crippen molar-refractivity contribution in [1.82, 2.24) is 4.57 Å². The highest BCUT2D eigenvalue weighted by atomic mass is 16.5. The lowest BCUT2D eigenvalue weighted by atomic mass is 9.86. The topological polar surface area (TPSA) is 48.3 Å². The van der Waals surface area contributed by atoms with Gasteiger partial charge in [-0.25, -0.2) is 0 Å². The molecule has 2 aromatic rings. The molecule has 0 amide bonds. The minimum absolute atomic E-state index is 0.148. The Kier molecular flexibility index (Phi) is 4.14. The third kappa shape index (κ3) is 2.59. The molecule has 1 aromatic carbocycles. The van der Waals surface area contributed by atoms with E-state index in [0.717, 1.165) is 34.1 Å². The summed E-state index contributed by atoms with van der Waals surface area (Å²) in [5.41, 5.74) is 3.99. The van der Waals surface area contributed by atoms with Gasteiger partial charge >= 0.3 is 5.97 Å². The smallest absolute Gasteiger partial charge is 0.313 e. The molecule has 0 spiro atoms. The van der Waals surface area contributed by atoms with E-state index in [9.17, 15) is 9.59 Å². The first-order valence-electron chi connectivity index (χ1n) is 9.34. The number of carbonyl (C=O) groups is 2. The Balaban J connectivity index is 1.87. The van der Waals surface area contributed by atoms with Crippen molar-refractivity contribution in [2.75, 3.05) is 7.11 Å². The minimum Gasteiger partial charge on any atom is -0.469 e. The number of nitrogens with zero attached hydrogens (tertiary/aromatic N) is 1. The number of hydrogen-bond acceptors (Lipinski definition) is 3. The zero-order valence-corrected chi connectivity index (χ0v) is 15.0. The van der Waals surface area contributed by atoms with Gasteiger partial charge in [0.05, 0.1) is 18.5 Å². The molecule has 4 nitrogen and oxygen atoms in total. The third-order valence-electron chi connectivity index (χ3n) is 6.13. The highest BCUT2D eigenvalue weighted by Crippen LogP contribution is 2.41. The van der Waals surface area contributed by atoms with Crippen LogP contribution >= 0.6 is 0 Å². The van der Waals surface area contributed by atoms with Crippen molar-refractivity contribution >= 4 is 22.7 Å². The molecule has 1 fully saturated rings. The van der Waals surface area contributed by atoms with Crippen LogP contribution < -0.4 is 0 Å². The van der Waals surface area contributed by atoms with Crippen LogP contribution in [0.15, 0.2) is 18.2 Å². The molecule has 1 unspecified atom stereocenters. The van der Waals surface area contributed by atoms with Crippen molar-refractivity contribution in [1.29, 1.82) is 0 Å². The molecule has 0 radical (unpaired) electrons. The predicted molar refractivity (Wildman–Crippen MR) is 97.0 cm³/mol. The lowest BCUT2D eigenvalue weighted by molar-refractivity contribution is -0.142. The van der Waals surface area contributed by atoms with E-state index >= 15 is 0 Å². The number of ether oxygens (including phenoxy) is 1. The van der Waals surface area contributed by atoms with Crippen molar-refractivity contribution in [2.24, 2.45) is 5.92 Å². The van der Waals surface area contributed by atoms with E-state index in [2.05, 4.69) is 17.6 Å². The fourth-order valence-corrected chi connectivity index (χ4v) is 4.91. The quantitative estimate of drug-likeness (QED) is 0.777. The number of ketones is 1. The van der Waals surface area contributed by atoms with Crippen LogP contribution in [0.2, 0.25) is 0 Å². The summed E-state index contributed by atoms with van der Waals surface area (Å²) in [5.74, 6) is 0.412. The average Bonchev–Trinajstić information content (AvgIpc) is 3.23. The largest absolute Gasteiger partial charge is 0.469 e. The van der Waals surface area contributed by atoms with E-state index in [4.69, 9.17) is 4.74 Å². The summed E-state index contributed by atoms with van der Waals surface area (Å²) in [4.78, 5) is 25.0. The van der Waals surface area contributed by atoms with E-state index in [0.29, 0.717) is 18.9 Å². The van der Waals surface area contributed by atoms with Crippen LogP contribution in [0.5, 0.6) is 0 Å². The molecule has 2 heterocycles. The molecule has 132 valence electrons. The van der Waals surface area contributed by atoms with Crippen LogP contribution in [-0.2, 0) is 16.1 Å². The zero-order valence-electron chi connectivity index (χ0n) is 15.0. The van der Waals surface area contributed by atoms with Crippen molar-refractivity contribution in [3.8, 4) is 0 Å². The fourth-order valence-electron chi connectivity index (χ4n) is 4.91. The standard InChI is InChI=1S/C21H25NO3/c1-13-19(17(21(24)25-2)12-14-6-3-4-7-14)16-9-5-8-15-18(23)10-11-22(13)20(15)16/h5,8-9,14,17H,3-4,6-7,10-12H2,1-2H3. The molecule has 1 aromatic heterocycles. The second-order valence-corrected chi connectivity index (χ2v) is 7.49. The lowest BCUT2D eigenvalue weighted by Crippen LogP contribution is -2.18. The van der Waals surface area contributed by atoms with Gasteiger partial charge in [0.25, 0.3) is 0 Å². The Bertz CT molecular complexity index is 842. The molecule has 0 saturated heterocycles. The summed E-state index contributed by atoms with van der Waals surface area (Å²) in [5, 5.41) is 1.05. The first-order valence-corrected chi connectivity index (χ1v) is 9.34. The Morgan fingerprint density at radius 3 is 2.80 bits per heavy atom. The van der Waals surface area contributed by atoms with E-state index < -0.39 is 0 Å². The van der Waals surface area contributed by atoms with Gasteiger partial charge in [-0.15, -0.1) is 0 Å². The number of aromatic nitrogens is 1. The van der Waals surface area contributed by atoms with Crippen LogP contribution in [0.25, 0.3) is 10.9 Å². The summed E-state index contributed by atoms with van der Waals surface area (Å²) in [6, 6.07) is 5.91. The Morgan fingerprint density at radius 1 is 1.32 bits per heavy atom. The van der Waals surface area contributed by atoms with Crippen LogP contribution in [0.4, 0.5) is 0 Å². The molecular formula is C21H25NO3. The van der Waals surface area contributed by atoms with Gasteiger partial charge in [0.1, 0.15) is 0 Å². The second-order valence-electron chi connectivity index (χ2n) is 7.49. The van der Waals surface area contributed by atoms with Crippen LogP contribution in [-0.4, -0.2) is 23.4 Å². The number of hydrogen-bond donors (Lipinski definition) is 0. The van der Waals surface area contributed by atoms with Crippen molar-refractivity contribution in [3.63, 3.8) is 0 Å². The average molecular weight is 339 g/mol. The van der Waals surface area contributed by atoms with Crippen LogP contribution in [0.3, 0.4) is 0 Å². The van der Waals surface area contributed by atoms with E-state index in [1.807, 2.05) is 12.1 Å². The second kappa shape index (κ2) is 6.32. The molecule has 4 rings (SSSR count). The first-order chi connectivity index (χ1) is 12.1. The normalized spacial score (nSPS) is 18.7. The van der Waals surface area contributed by atoms with Crippen molar-refractivity contribution < 1.29 is 14.3 Å². The van der Waals surface area contributed by atoms with Gasteiger partial charge in [-0.3, -0.25) is 9.59 Å². The number of para-hydroxylation sites is 1. The summed E-state index contributed by atoms with van der Waals surface area (Å²) < 4.78 is 7.40. The number of esters is 1. The minimum atomic E-state index is -0.236. The number of Topliss-reactive ketones (excluding diaryl/α,β-unsaturated/α-hetero) is 1. The maximum atomic E-state index is 12.7. The van der Waals surface area contributed by atoms with E-state index in [1.165, 1.54) is 32.8 Å². The number of carbonyl (C=O) groups excluding carboxylic acids is 2. The maximum absolute atomic E-state index is 12.7. The van der Waals surface area contributed by atoms with Gasteiger partial charge in [0.15, 0.2) is 5.78 Å². The molecule has 1 aliphatic carbocycles. The van der Waals surface area contributed by atoms with Crippen LogP contribution in [0, 0.1) is 12.8 Å². The monoisotopic (exact) mass is 339 g/mol. The lowest BCUT2D eigenvalue weighted by Gasteiger charge is -2.19. The molecule has 0 bridgehead atoms. The molecule has 4 heteroatoms. The molecule has 2 aliphatic rings. The van der Waals surface area contributed by atoms with Gasteiger partial charge in [-0.1, -0.05) is 37.8 Å². The SMILES string of the molecule is COC(=O)C(CC1CCCC1)c1c(C)n2c3c(cccc13)C(=O)CC2. The highest BCUT2D eigenvalue weighted by molar-refractivity contribution is 6.10. The summed E-state index contributed by atoms with van der Waals surface area (Å²) >= 11 is 0. The summed E-state index contributed by atoms with van der Waals surface area (Å²) in [7, 11) is 1.48. The predicted octanol–water partition coefficient (Wildman–Crippen LogP) is 4.37. The van der Waals surface area contributed by atoms with Gasteiger partial charge in [0, 0.05) is 29.6 Å². The van der Waals surface area contributed by atoms with Gasteiger partial charge in [-0.05, 0) is 30.9 Å². The van der Waals surface area contributed by atoms with E-state index in [1.54, 1.807) is 0 Å². The summed E-state index contributed by atoms with van der Waals surface area (Å²) in [6.07, 6.45) is 6.32. The first kappa shape index (κ1) is 16.4. The Morgan fingerprint density at radius 2 is 2.08 bits per heavy atom. The maximum Gasteiger partial charge on any atom is 0.313 e. The zero-order chi connectivity index (χ0) is 17.6.